The number of methoxy groups -OCH3 is 2. The van der Waals surface area contributed by atoms with E-state index in [0.29, 0.717) is 33.1 Å². The Morgan fingerprint density at radius 2 is 1.65 bits per heavy atom. The highest BCUT2D eigenvalue weighted by molar-refractivity contribution is 6.33. The molecule has 0 aliphatic carbocycles. The number of nitrogens with one attached hydrogen (secondary N) is 1. The lowest BCUT2D eigenvalue weighted by atomic mass is 10.0. The van der Waals surface area contributed by atoms with Crippen LogP contribution in [0.2, 0.25) is 10.2 Å². The largest absolute Gasteiger partial charge is 0.497 e. The number of amides is 1. The van der Waals surface area contributed by atoms with E-state index in [0.717, 1.165) is 11.1 Å². The molecule has 4 rings (SSSR count). The molecule has 31 heavy (non-hydrogen) atoms. The molecule has 0 saturated heterocycles. The molecule has 0 unspecified atom stereocenters. The van der Waals surface area contributed by atoms with Crippen molar-refractivity contribution in [2.45, 2.75) is 0 Å². The Balaban J connectivity index is 1.54. The van der Waals surface area contributed by atoms with Gasteiger partial charge in [-0.05, 0) is 54.1 Å². The molecule has 6 nitrogen and oxygen atoms in total. The molecule has 0 aliphatic rings. The smallest absolute Gasteiger partial charge is 0.255 e. The molecule has 0 saturated carbocycles. The Kier molecular flexibility index (Phi) is 5.93. The second-order valence-electron chi connectivity index (χ2n) is 6.60. The van der Waals surface area contributed by atoms with Crippen molar-refractivity contribution in [1.82, 2.24) is 9.97 Å². The number of halogens is 2. The zero-order valence-corrected chi connectivity index (χ0v) is 18.2. The number of ether oxygens (including phenoxy) is 2. The summed E-state index contributed by atoms with van der Waals surface area (Å²) in [5.74, 6) is 0.663. The van der Waals surface area contributed by atoms with Crippen LogP contribution >= 0.6 is 23.2 Å². The summed E-state index contributed by atoms with van der Waals surface area (Å²) in [7, 11) is 3.06. The van der Waals surface area contributed by atoms with Crippen LogP contribution in [0.5, 0.6) is 11.6 Å². The van der Waals surface area contributed by atoms with Crippen LogP contribution in [0.25, 0.3) is 22.2 Å². The third kappa shape index (κ3) is 4.40. The van der Waals surface area contributed by atoms with E-state index in [-0.39, 0.29) is 16.9 Å². The van der Waals surface area contributed by atoms with Crippen LogP contribution in [0.4, 0.5) is 5.69 Å². The first kappa shape index (κ1) is 20.9. The maximum absolute atomic E-state index is 12.7. The van der Waals surface area contributed by atoms with Gasteiger partial charge < -0.3 is 14.8 Å². The summed E-state index contributed by atoms with van der Waals surface area (Å²) < 4.78 is 10.3. The summed E-state index contributed by atoms with van der Waals surface area (Å²) in [6.07, 6.45) is 0. The molecule has 156 valence electrons. The van der Waals surface area contributed by atoms with E-state index in [1.165, 1.54) is 7.11 Å². The first-order chi connectivity index (χ1) is 15.0. The molecule has 0 bridgehead atoms. The number of nitrogens with zero attached hydrogens (tertiary/aromatic N) is 2. The lowest BCUT2D eigenvalue weighted by Crippen LogP contribution is -2.11. The van der Waals surface area contributed by atoms with Crippen LogP contribution in [-0.4, -0.2) is 30.1 Å². The van der Waals surface area contributed by atoms with Gasteiger partial charge in [-0.1, -0.05) is 35.3 Å². The van der Waals surface area contributed by atoms with Gasteiger partial charge in [0.15, 0.2) is 5.15 Å². The van der Waals surface area contributed by atoms with Crippen molar-refractivity contribution < 1.29 is 14.3 Å². The van der Waals surface area contributed by atoms with Gasteiger partial charge in [0.05, 0.1) is 30.3 Å². The van der Waals surface area contributed by atoms with E-state index >= 15 is 0 Å². The van der Waals surface area contributed by atoms with Gasteiger partial charge in [-0.2, -0.15) is 0 Å². The minimum atomic E-state index is -0.249. The van der Waals surface area contributed by atoms with Crippen LogP contribution in [0.1, 0.15) is 10.4 Å². The Morgan fingerprint density at radius 1 is 0.871 bits per heavy atom. The van der Waals surface area contributed by atoms with Gasteiger partial charge in [-0.25, -0.2) is 9.97 Å². The first-order valence-corrected chi connectivity index (χ1v) is 10.0. The SMILES string of the molecule is COc1ccc(-c2ccc(C(=O)Nc3ccc4nc(Cl)c(OC)nc4c3)cc2)c(Cl)c1. The normalized spacial score (nSPS) is 10.7. The van der Waals surface area contributed by atoms with Gasteiger partial charge in [0.25, 0.3) is 11.8 Å². The Bertz CT molecular complexity index is 1280. The maximum Gasteiger partial charge on any atom is 0.255 e. The molecule has 3 aromatic carbocycles. The van der Waals surface area contributed by atoms with E-state index in [9.17, 15) is 4.79 Å². The predicted octanol–water partition coefficient (Wildman–Crippen LogP) is 5.87. The summed E-state index contributed by atoms with van der Waals surface area (Å²) in [5, 5.41) is 3.62. The Hall–Kier alpha value is -3.35. The van der Waals surface area contributed by atoms with Gasteiger partial charge in [0.1, 0.15) is 5.75 Å². The Labute approximate surface area is 188 Å². The zero-order valence-electron chi connectivity index (χ0n) is 16.6. The number of carbonyl (C=O) groups excluding carboxylic acids is 1. The second kappa shape index (κ2) is 8.79. The van der Waals surface area contributed by atoms with Gasteiger partial charge in [0, 0.05) is 16.8 Å². The number of aromatic nitrogens is 2. The summed E-state index contributed by atoms with van der Waals surface area (Å²) in [6.45, 7) is 0. The van der Waals surface area contributed by atoms with Crippen molar-refractivity contribution in [1.29, 1.82) is 0 Å². The summed E-state index contributed by atoms with van der Waals surface area (Å²) >= 11 is 12.4. The van der Waals surface area contributed by atoms with Crippen molar-refractivity contribution in [2.24, 2.45) is 0 Å². The zero-order chi connectivity index (χ0) is 22.0. The van der Waals surface area contributed by atoms with Gasteiger partial charge >= 0.3 is 0 Å². The molecule has 0 radical (unpaired) electrons. The van der Waals surface area contributed by atoms with Crippen LogP contribution < -0.4 is 14.8 Å². The molecule has 0 spiro atoms. The quantitative estimate of drug-likeness (QED) is 0.408. The molecule has 0 atom stereocenters. The van der Waals surface area contributed by atoms with E-state index in [4.69, 9.17) is 32.7 Å². The van der Waals surface area contributed by atoms with E-state index in [2.05, 4.69) is 15.3 Å². The van der Waals surface area contributed by atoms with Crippen molar-refractivity contribution in [3.8, 4) is 22.8 Å². The fourth-order valence-electron chi connectivity index (χ4n) is 3.09. The van der Waals surface area contributed by atoms with Crippen molar-refractivity contribution in [3.63, 3.8) is 0 Å². The highest BCUT2D eigenvalue weighted by Gasteiger charge is 2.11. The number of carbonyl (C=O) groups is 1. The molecule has 8 heteroatoms. The average molecular weight is 454 g/mol. The van der Waals surface area contributed by atoms with Gasteiger partial charge in [0.2, 0.25) is 0 Å². The third-order valence-corrected chi connectivity index (χ3v) is 5.24. The number of rotatable bonds is 5. The molecular formula is C23H17Cl2N3O3. The number of hydrogen-bond donors (Lipinski definition) is 1. The number of hydrogen-bond acceptors (Lipinski definition) is 5. The lowest BCUT2D eigenvalue weighted by molar-refractivity contribution is 0.102. The first-order valence-electron chi connectivity index (χ1n) is 9.25. The van der Waals surface area contributed by atoms with E-state index < -0.39 is 0 Å². The molecule has 0 aliphatic heterocycles. The molecular weight excluding hydrogens is 437 g/mol. The van der Waals surface area contributed by atoms with Crippen LogP contribution in [-0.2, 0) is 0 Å². The van der Waals surface area contributed by atoms with Crippen molar-refractivity contribution >= 4 is 45.8 Å². The highest BCUT2D eigenvalue weighted by atomic mass is 35.5. The molecule has 1 heterocycles. The minimum absolute atomic E-state index is 0.184. The standard InChI is InChI=1S/C23H17Cl2N3O3/c1-30-16-8-9-17(18(24)12-16)13-3-5-14(6-4-13)22(29)26-15-7-10-19-20(11-15)28-23(31-2)21(25)27-19/h3-12H,1-2H3,(H,26,29). The molecule has 1 amide bonds. The topological polar surface area (TPSA) is 73.3 Å². The summed E-state index contributed by atoms with van der Waals surface area (Å²) in [6, 6.07) is 17.8. The van der Waals surface area contributed by atoms with Crippen molar-refractivity contribution in [2.75, 3.05) is 19.5 Å². The summed E-state index contributed by atoms with van der Waals surface area (Å²) in [4.78, 5) is 21.2. The van der Waals surface area contributed by atoms with Crippen LogP contribution in [0.15, 0.2) is 60.7 Å². The predicted molar refractivity (Wildman–Crippen MR) is 122 cm³/mol. The highest BCUT2D eigenvalue weighted by Crippen LogP contribution is 2.31. The van der Waals surface area contributed by atoms with E-state index in [1.54, 1.807) is 43.5 Å². The monoisotopic (exact) mass is 453 g/mol. The third-order valence-electron chi connectivity index (χ3n) is 4.68. The molecule has 1 N–H and O–H groups in total. The molecule has 0 fully saturated rings. The Morgan fingerprint density at radius 3 is 2.32 bits per heavy atom. The van der Waals surface area contributed by atoms with Crippen molar-refractivity contribution in [3.05, 3.63) is 76.4 Å². The molecule has 1 aromatic heterocycles. The number of anilines is 1. The van der Waals surface area contributed by atoms with Crippen LogP contribution in [0.3, 0.4) is 0 Å². The average Bonchev–Trinajstić information content (AvgIpc) is 2.78. The van der Waals surface area contributed by atoms with Gasteiger partial charge in [-0.15, -0.1) is 0 Å². The fraction of sp³-hybridized carbons (Fsp3) is 0.0870. The lowest BCUT2D eigenvalue weighted by Gasteiger charge is -2.09. The summed E-state index contributed by atoms with van der Waals surface area (Å²) in [5.41, 5.74) is 4.00. The number of fused-ring (bicyclic) bond motifs is 1. The molecule has 4 aromatic rings. The minimum Gasteiger partial charge on any atom is -0.497 e. The number of benzene rings is 3. The second-order valence-corrected chi connectivity index (χ2v) is 7.37. The van der Waals surface area contributed by atoms with Crippen LogP contribution in [0, 0.1) is 0 Å². The fourth-order valence-corrected chi connectivity index (χ4v) is 3.58. The van der Waals surface area contributed by atoms with E-state index in [1.807, 2.05) is 24.3 Å². The maximum atomic E-state index is 12.7. The van der Waals surface area contributed by atoms with Gasteiger partial charge in [-0.3, -0.25) is 4.79 Å².